The Morgan fingerprint density at radius 3 is 2.54 bits per heavy atom. The van der Waals surface area contributed by atoms with Crippen molar-refractivity contribution in [3.05, 3.63) is 69.0 Å². The van der Waals surface area contributed by atoms with E-state index in [0.717, 1.165) is 21.2 Å². The van der Waals surface area contributed by atoms with Gasteiger partial charge in [0, 0.05) is 22.6 Å². The summed E-state index contributed by atoms with van der Waals surface area (Å²) in [5.41, 5.74) is 4.57. The summed E-state index contributed by atoms with van der Waals surface area (Å²) in [4.78, 5) is 39.9. The molecule has 0 atom stereocenters. The fourth-order valence-corrected chi connectivity index (χ4v) is 4.60. The van der Waals surface area contributed by atoms with Crippen LogP contribution in [0.5, 0.6) is 0 Å². The molecule has 6 nitrogen and oxygen atoms in total. The van der Waals surface area contributed by atoms with Crippen LogP contribution < -0.4 is 10.3 Å². The molecule has 2 aliphatic rings. The summed E-state index contributed by atoms with van der Waals surface area (Å²) in [6.45, 7) is 0. The molecule has 0 spiro atoms. The number of likely N-dealkylation sites (N-methyl/N-ethyl adjacent to an activating group) is 1. The highest BCUT2D eigenvalue weighted by Gasteiger charge is 2.42. The lowest BCUT2D eigenvalue weighted by molar-refractivity contribution is -0.124. The zero-order valence-electron chi connectivity index (χ0n) is 14.4. The number of halogens is 1. The van der Waals surface area contributed by atoms with Gasteiger partial charge in [-0.1, -0.05) is 45.9 Å². The zero-order valence-corrected chi connectivity index (χ0v) is 17.7. The minimum Gasteiger partial charge on any atom is -0.311 e. The largest absolute Gasteiger partial charge is 0.311 e. The van der Waals surface area contributed by atoms with Crippen molar-refractivity contribution in [1.82, 2.24) is 10.4 Å². The molecule has 2 heterocycles. The van der Waals surface area contributed by atoms with E-state index < -0.39 is 11.8 Å². The van der Waals surface area contributed by atoms with Crippen LogP contribution in [0, 0.1) is 0 Å². The van der Waals surface area contributed by atoms with Gasteiger partial charge in [-0.05, 0) is 42.5 Å². The van der Waals surface area contributed by atoms with Crippen molar-refractivity contribution < 1.29 is 14.4 Å². The summed E-state index contributed by atoms with van der Waals surface area (Å²) in [6.07, 6.45) is 0. The maximum Gasteiger partial charge on any atom is 0.286 e. The number of hydrazine groups is 1. The standard InChI is InChI=1S/C19H12BrN3O3S2/c1-22-13-8-7-11(20)9-12(13)14(17(22)25)15-18(26)23(19(27)28-15)21-16(24)10-5-3-2-4-6-10/h2-9H,1H3,(H,21,24)/b15-14+. The van der Waals surface area contributed by atoms with E-state index in [2.05, 4.69) is 21.4 Å². The Morgan fingerprint density at radius 1 is 1.11 bits per heavy atom. The van der Waals surface area contributed by atoms with Gasteiger partial charge in [-0.2, -0.15) is 5.01 Å². The highest BCUT2D eigenvalue weighted by Crippen LogP contribution is 2.44. The van der Waals surface area contributed by atoms with E-state index in [4.69, 9.17) is 12.2 Å². The van der Waals surface area contributed by atoms with E-state index in [0.29, 0.717) is 16.8 Å². The summed E-state index contributed by atoms with van der Waals surface area (Å²) >= 11 is 9.68. The third-order valence-electron chi connectivity index (χ3n) is 4.35. The van der Waals surface area contributed by atoms with Gasteiger partial charge >= 0.3 is 0 Å². The van der Waals surface area contributed by atoms with Crippen molar-refractivity contribution in [2.45, 2.75) is 0 Å². The minimum atomic E-state index is -0.524. The molecule has 1 saturated heterocycles. The molecule has 3 amide bonds. The molecule has 0 unspecified atom stereocenters. The van der Waals surface area contributed by atoms with Gasteiger partial charge in [-0.25, -0.2) is 0 Å². The number of thiocarbonyl (C=S) groups is 1. The zero-order chi connectivity index (χ0) is 20.0. The Labute approximate surface area is 178 Å². The number of hydrogen-bond acceptors (Lipinski definition) is 5. The Morgan fingerprint density at radius 2 is 1.82 bits per heavy atom. The van der Waals surface area contributed by atoms with Crippen molar-refractivity contribution in [2.24, 2.45) is 0 Å². The number of thioether (sulfide) groups is 1. The highest BCUT2D eigenvalue weighted by atomic mass is 79.9. The summed E-state index contributed by atoms with van der Waals surface area (Å²) in [5.74, 6) is -1.27. The first-order chi connectivity index (χ1) is 13.4. The number of nitrogens with zero attached hydrogens (tertiary/aromatic N) is 2. The lowest BCUT2D eigenvalue weighted by Gasteiger charge is -2.15. The molecule has 0 radical (unpaired) electrons. The van der Waals surface area contributed by atoms with Crippen LogP contribution in [-0.4, -0.2) is 34.1 Å². The lowest BCUT2D eigenvalue weighted by Crippen LogP contribution is -2.45. The third kappa shape index (κ3) is 3.05. The second-order valence-electron chi connectivity index (χ2n) is 6.05. The number of rotatable bonds is 2. The van der Waals surface area contributed by atoms with Crippen molar-refractivity contribution in [3.8, 4) is 0 Å². The Balaban J connectivity index is 1.71. The monoisotopic (exact) mass is 473 g/mol. The first kappa shape index (κ1) is 18.9. The van der Waals surface area contributed by atoms with Crippen LogP contribution in [0.2, 0.25) is 0 Å². The average Bonchev–Trinajstić information content (AvgIpc) is 3.09. The van der Waals surface area contributed by atoms with Crippen molar-refractivity contribution in [3.63, 3.8) is 0 Å². The first-order valence-electron chi connectivity index (χ1n) is 8.13. The van der Waals surface area contributed by atoms with Crippen molar-refractivity contribution in [1.29, 1.82) is 0 Å². The molecule has 28 heavy (non-hydrogen) atoms. The number of anilines is 1. The summed E-state index contributed by atoms with van der Waals surface area (Å²) in [7, 11) is 1.65. The number of hydrogen-bond donors (Lipinski definition) is 1. The van der Waals surface area contributed by atoms with Gasteiger partial charge in [0.1, 0.15) is 0 Å². The maximum absolute atomic E-state index is 13.0. The molecule has 4 rings (SSSR count). The fraction of sp³-hybridized carbons (Fsp3) is 0.0526. The second kappa shape index (κ2) is 7.16. The van der Waals surface area contributed by atoms with Gasteiger partial charge in [0.15, 0.2) is 4.32 Å². The van der Waals surface area contributed by atoms with Crippen LogP contribution >= 0.6 is 39.9 Å². The number of amides is 3. The molecular formula is C19H12BrN3O3S2. The topological polar surface area (TPSA) is 69.7 Å². The second-order valence-corrected chi connectivity index (χ2v) is 8.61. The minimum absolute atomic E-state index is 0.163. The SMILES string of the molecule is CN1C(=O)/C(=C2/SC(=S)N(NC(=O)c3ccccc3)C2=O)c2cc(Br)ccc21. The summed E-state index contributed by atoms with van der Waals surface area (Å²) in [5, 5.41) is 1.01. The molecule has 0 aromatic heterocycles. The van der Waals surface area contributed by atoms with E-state index >= 15 is 0 Å². The fourth-order valence-electron chi connectivity index (χ4n) is 2.98. The quantitative estimate of drug-likeness (QED) is 0.534. The van der Waals surface area contributed by atoms with Gasteiger partial charge in [0.2, 0.25) is 0 Å². The molecular weight excluding hydrogens is 462 g/mol. The highest BCUT2D eigenvalue weighted by molar-refractivity contribution is 9.10. The van der Waals surface area contributed by atoms with Crippen molar-refractivity contribution in [2.75, 3.05) is 11.9 Å². The van der Waals surface area contributed by atoms with Crippen molar-refractivity contribution >= 4 is 73.2 Å². The number of fused-ring (bicyclic) bond motifs is 1. The maximum atomic E-state index is 13.0. The molecule has 2 aliphatic heterocycles. The predicted molar refractivity (Wildman–Crippen MR) is 115 cm³/mol. The Hall–Kier alpha value is -2.49. The van der Waals surface area contributed by atoms with Crippen LogP contribution in [0.15, 0.2) is 57.9 Å². The van der Waals surface area contributed by atoms with Crippen LogP contribution in [0.1, 0.15) is 15.9 Å². The third-order valence-corrected chi connectivity index (χ3v) is 6.22. The predicted octanol–water partition coefficient (Wildman–Crippen LogP) is 3.34. The Bertz CT molecular complexity index is 1090. The number of benzene rings is 2. The molecule has 0 saturated carbocycles. The number of nitrogens with one attached hydrogen (secondary N) is 1. The lowest BCUT2D eigenvalue weighted by atomic mass is 10.1. The molecule has 0 bridgehead atoms. The van der Waals surface area contributed by atoms with E-state index in [1.807, 2.05) is 12.1 Å². The van der Waals surface area contributed by atoms with Crippen LogP contribution in [0.25, 0.3) is 5.57 Å². The number of carbonyl (C=O) groups is 3. The molecule has 2 aromatic carbocycles. The number of carbonyl (C=O) groups excluding carboxylic acids is 3. The smallest absolute Gasteiger partial charge is 0.286 e. The first-order valence-corrected chi connectivity index (χ1v) is 10.1. The normalized spacial score (nSPS) is 18.7. The van der Waals surface area contributed by atoms with Gasteiger partial charge in [0.25, 0.3) is 17.7 Å². The molecule has 2 aromatic rings. The summed E-state index contributed by atoms with van der Waals surface area (Å²) < 4.78 is 0.954. The van der Waals surface area contributed by atoms with E-state index in [9.17, 15) is 14.4 Å². The summed E-state index contributed by atoms with van der Waals surface area (Å²) in [6, 6.07) is 13.9. The molecule has 9 heteroatoms. The van der Waals surface area contributed by atoms with Crippen LogP contribution in [-0.2, 0) is 9.59 Å². The van der Waals surface area contributed by atoms with Crippen LogP contribution in [0.4, 0.5) is 5.69 Å². The molecule has 1 N–H and O–H groups in total. The van der Waals surface area contributed by atoms with Crippen LogP contribution in [0.3, 0.4) is 0 Å². The Kier molecular flexibility index (Phi) is 4.82. The van der Waals surface area contributed by atoms with Gasteiger partial charge in [-0.3, -0.25) is 19.8 Å². The average molecular weight is 474 g/mol. The van der Waals surface area contributed by atoms with Gasteiger partial charge in [-0.15, -0.1) is 0 Å². The van der Waals surface area contributed by atoms with E-state index in [1.165, 1.54) is 4.90 Å². The van der Waals surface area contributed by atoms with E-state index in [1.54, 1.807) is 43.4 Å². The molecule has 0 aliphatic carbocycles. The molecule has 1 fully saturated rings. The van der Waals surface area contributed by atoms with Gasteiger partial charge in [0.05, 0.1) is 16.2 Å². The van der Waals surface area contributed by atoms with Gasteiger partial charge < -0.3 is 4.90 Å². The van der Waals surface area contributed by atoms with E-state index in [-0.39, 0.29) is 20.7 Å². The molecule has 140 valence electrons.